The van der Waals surface area contributed by atoms with Gasteiger partial charge in [0.15, 0.2) is 0 Å². The van der Waals surface area contributed by atoms with Gasteiger partial charge >= 0.3 is 0 Å². The Balaban J connectivity index is 0.00000162. The summed E-state index contributed by atoms with van der Waals surface area (Å²) in [7, 11) is 0. The number of hydrogen-bond acceptors (Lipinski definition) is 2. The molecule has 18 heavy (non-hydrogen) atoms. The van der Waals surface area contributed by atoms with Crippen molar-refractivity contribution in [3.05, 3.63) is 0 Å². The van der Waals surface area contributed by atoms with Crippen molar-refractivity contribution in [2.75, 3.05) is 19.6 Å². The lowest BCUT2D eigenvalue weighted by atomic mass is 9.99. The van der Waals surface area contributed by atoms with Gasteiger partial charge in [-0.05, 0) is 44.2 Å². The van der Waals surface area contributed by atoms with Gasteiger partial charge in [-0.3, -0.25) is 4.79 Å². The normalized spacial score (nSPS) is 24.6. The molecule has 1 amide bonds. The van der Waals surface area contributed by atoms with E-state index in [9.17, 15) is 4.79 Å². The van der Waals surface area contributed by atoms with Gasteiger partial charge in [-0.2, -0.15) is 0 Å². The average molecular weight is 275 g/mol. The average Bonchev–Trinajstić information content (AvgIpc) is 2.88. The summed E-state index contributed by atoms with van der Waals surface area (Å²) in [5.74, 6) is 1.75. The molecule has 0 spiro atoms. The summed E-state index contributed by atoms with van der Waals surface area (Å²) in [6, 6.07) is 0. The molecule has 3 nitrogen and oxygen atoms in total. The van der Waals surface area contributed by atoms with E-state index >= 15 is 0 Å². The zero-order valence-electron chi connectivity index (χ0n) is 11.2. The number of nitrogens with one attached hydrogen (secondary N) is 2. The first-order chi connectivity index (χ1) is 8.34. The molecule has 2 N–H and O–H groups in total. The zero-order valence-corrected chi connectivity index (χ0v) is 12.1. The molecule has 0 bridgehead atoms. The number of hydrogen-bond donors (Lipinski definition) is 2. The molecule has 2 fully saturated rings. The molecule has 1 saturated heterocycles. The van der Waals surface area contributed by atoms with Crippen LogP contribution in [0.4, 0.5) is 0 Å². The minimum atomic E-state index is 0. The Labute approximate surface area is 117 Å². The van der Waals surface area contributed by atoms with Crippen LogP contribution in [0.3, 0.4) is 0 Å². The van der Waals surface area contributed by atoms with E-state index in [2.05, 4.69) is 10.6 Å². The fourth-order valence-electron chi connectivity index (χ4n) is 3.08. The predicted octanol–water partition coefficient (Wildman–Crippen LogP) is 2.49. The van der Waals surface area contributed by atoms with Crippen molar-refractivity contribution in [3.8, 4) is 0 Å². The second-order valence-corrected chi connectivity index (χ2v) is 5.71. The topological polar surface area (TPSA) is 41.1 Å². The van der Waals surface area contributed by atoms with Gasteiger partial charge in [0.2, 0.25) is 5.91 Å². The monoisotopic (exact) mass is 274 g/mol. The molecule has 4 heteroatoms. The van der Waals surface area contributed by atoms with Gasteiger partial charge in [0.05, 0.1) is 0 Å². The summed E-state index contributed by atoms with van der Waals surface area (Å²) in [6.45, 7) is 3.09. The SMILES string of the molecule is Cl.O=C(CCC1CCCC1)NCC1CCCNC1. The van der Waals surface area contributed by atoms with Crippen molar-refractivity contribution in [2.45, 2.75) is 51.4 Å². The molecule has 1 aliphatic carbocycles. The summed E-state index contributed by atoms with van der Waals surface area (Å²) in [4.78, 5) is 11.7. The van der Waals surface area contributed by atoms with Gasteiger partial charge in [0.1, 0.15) is 0 Å². The second-order valence-electron chi connectivity index (χ2n) is 5.71. The smallest absolute Gasteiger partial charge is 0.220 e. The van der Waals surface area contributed by atoms with Crippen LogP contribution < -0.4 is 10.6 Å². The van der Waals surface area contributed by atoms with E-state index in [1.165, 1.54) is 38.5 Å². The van der Waals surface area contributed by atoms with Crippen LogP contribution in [0.25, 0.3) is 0 Å². The number of carbonyl (C=O) groups excluding carboxylic acids is 1. The Kier molecular flexibility index (Phi) is 7.68. The molecule has 1 atom stereocenters. The van der Waals surface area contributed by atoms with Crippen molar-refractivity contribution >= 4 is 18.3 Å². The minimum absolute atomic E-state index is 0. The van der Waals surface area contributed by atoms with Crippen LogP contribution >= 0.6 is 12.4 Å². The van der Waals surface area contributed by atoms with Crippen molar-refractivity contribution < 1.29 is 4.79 Å². The number of halogens is 1. The maximum atomic E-state index is 11.7. The number of amides is 1. The van der Waals surface area contributed by atoms with Crippen LogP contribution in [0.1, 0.15) is 51.4 Å². The molecule has 106 valence electrons. The standard InChI is InChI=1S/C14H26N2O.ClH/c17-14(8-7-12-4-1-2-5-12)16-11-13-6-3-9-15-10-13;/h12-13,15H,1-11H2,(H,16,17);1H. The Bertz CT molecular complexity index is 236. The van der Waals surface area contributed by atoms with Crippen LogP contribution in [0.15, 0.2) is 0 Å². The third-order valence-electron chi connectivity index (χ3n) is 4.24. The quantitative estimate of drug-likeness (QED) is 0.809. The van der Waals surface area contributed by atoms with E-state index in [1.807, 2.05) is 0 Å². The molecule has 1 aliphatic heterocycles. The van der Waals surface area contributed by atoms with Gasteiger partial charge in [-0.25, -0.2) is 0 Å². The Morgan fingerprint density at radius 3 is 2.50 bits per heavy atom. The molecule has 0 radical (unpaired) electrons. The summed E-state index contributed by atoms with van der Waals surface area (Å²) in [5.41, 5.74) is 0. The highest BCUT2D eigenvalue weighted by molar-refractivity contribution is 5.85. The van der Waals surface area contributed by atoms with Crippen LogP contribution in [-0.4, -0.2) is 25.5 Å². The van der Waals surface area contributed by atoms with Crippen molar-refractivity contribution in [3.63, 3.8) is 0 Å². The van der Waals surface area contributed by atoms with Crippen LogP contribution in [0.2, 0.25) is 0 Å². The Morgan fingerprint density at radius 1 is 1.11 bits per heavy atom. The lowest BCUT2D eigenvalue weighted by Crippen LogP contribution is -2.38. The molecule has 2 rings (SSSR count). The van der Waals surface area contributed by atoms with Crippen LogP contribution in [0, 0.1) is 11.8 Å². The third kappa shape index (κ3) is 5.57. The lowest BCUT2D eigenvalue weighted by molar-refractivity contribution is -0.121. The zero-order chi connectivity index (χ0) is 11.9. The fraction of sp³-hybridized carbons (Fsp3) is 0.929. The van der Waals surface area contributed by atoms with Gasteiger partial charge in [0, 0.05) is 13.0 Å². The number of rotatable bonds is 5. The van der Waals surface area contributed by atoms with E-state index in [-0.39, 0.29) is 18.3 Å². The molecule has 0 aromatic heterocycles. The highest BCUT2D eigenvalue weighted by Gasteiger charge is 2.17. The van der Waals surface area contributed by atoms with Gasteiger partial charge < -0.3 is 10.6 Å². The maximum Gasteiger partial charge on any atom is 0.220 e. The van der Waals surface area contributed by atoms with Crippen LogP contribution in [0.5, 0.6) is 0 Å². The molecule has 0 aromatic carbocycles. The highest BCUT2D eigenvalue weighted by Crippen LogP contribution is 2.28. The summed E-state index contributed by atoms with van der Waals surface area (Å²) in [6.07, 6.45) is 9.80. The first kappa shape index (κ1) is 15.8. The molecule has 1 saturated carbocycles. The van der Waals surface area contributed by atoms with E-state index < -0.39 is 0 Å². The van der Waals surface area contributed by atoms with E-state index in [0.29, 0.717) is 5.92 Å². The lowest BCUT2D eigenvalue weighted by Gasteiger charge is -2.23. The second kappa shape index (κ2) is 8.76. The van der Waals surface area contributed by atoms with Crippen molar-refractivity contribution in [2.24, 2.45) is 11.8 Å². The number of carbonyl (C=O) groups is 1. The molecular weight excluding hydrogens is 248 g/mol. The van der Waals surface area contributed by atoms with E-state index in [4.69, 9.17) is 0 Å². The first-order valence-corrected chi connectivity index (χ1v) is 7.32. The fourth-order valence-corrected chi connectivity index (χ4v) is 3.08. The van der Waals surface area contributed by atoms with Gasteiger partial charge in [0.25, 0.3) is 0 Å². The number of piperidine rings is 1. The molecule has 1 heterocycles. The Morgan fingerprint density at radius 2 is 1.83 bits per heavy atom. The van der Waals surface area contributed by atoms with Gasteiger partial charge in [-0.15, -0.1) is 12.4 Å². The predicted molar refractivity (Wildman–Crippen MR) is 77.0 cm³/mol. The Hall–Kier alpha value is -0.280. The molecule has 0 aromatic rings. The molecule has 2 aliphatic rings. The molecule has 1 unspecified atom stereocenters. The van der Waals surface area contributed by atoms with Crippen LogP contribution in [-0.2, 0) is 4.79 Å². The minimum Gasteiger partial charge on any atom is -0.356 e. The molecular formula is C14H27ClN2O. The largest absolute Gasteiger partial charge is 0.356 e. The summed E-state index contributed by atoms with van der Waals surface area (Å²) in [5, 5.41) is 6.48. The summed E-state index contributed by atoms with van der Waals surface area (Å²) >= 11 is 0. The van der Waals surface area contributed by atoms with Crippen molar-refractivity contribution in [1.82, 2.24) is 10.6 Å². The van der Waals surface area contributed by atoms with Crippen molar-refractivity contribution in [1.29, 1.82) is 0 Å². The van der Waals surface area contributed by atoms with E-state index in [0.717, 1.165) is 38.4 Å². The first-order valence-electron chi connectivity index (χ1n) is 7.32. The maximum absolute atomic E-state index is 11.7. The third-order valence-corrected chi connectivity index (χ3v) is 4.24. The van der Waals surface area contributed by atoms with E-state index in [1.54, 1.807) is 0 Å². The summed E-state index contributed by atoms with van der Waals surface area (Å²) < 4.78 is 0. The van der Waals surface area contributed by atoms with Gasteiger partial charge in [-0.1, -0.05) is 25.7 Å². The highest BCUT2D eigenvalue weighted by atomic mass is 35.5.